The predicted molar refractivity (Wildman–Crippen MR) is 46.8 cm³/mol. The van der Waals surface area contributed by atoms with Crippen LogP contribution in [0.4, 0.5) is 0 Å². The zero-order valence-corrected chi connectivity index (χ0v) is 8.08. The number of hydrogen-bond acceptors (Lipinski definition) is 3. The van der Waals surface area contributed by atoms with Gasteiger partial charge < -0.3 is 15.0 Å². The number of aliphatic carboxylic acids is 1. The lowest BCUT2D eigenvalue weighted by Gasteiger charge is -2.40. The summed E-state index contributed by atoms with van der Waals surface area (Å²) in [5, 5.41) is 20.1. The van der Waals surface area contributed by atoms with Crippen LogP contribution in [0.25, 0.3) is 0 Å². The van der Waals surface area contributed by atoms with Crippen molar-refractivity contribution in [1.82, 2.24) is 0 Å². The fourth-order valence-corrected chi connectivity index (χ4v) is 2.29. The molecule has 1 saturated carbocycles. The monoisotopic (exact) mass is 185 g/mol. The number of aliphatic hydroxyl groups is 1. The highest BCUT2D eigenvalue weighted by Gasteiger charge is 2.36. The molecular weight excluding hydrogens is 168 g/mol. The molecule has 0 saturated heterocycles. The molecule has 1 unspecified atom stereocenters. The van der Waals surface area contributed by atoms with E-state index < -0.39 is 17.5 Å². The fraction of sp³-hybridized carbons (Fsp3) is 0.900. The Morgan fingerprint density at radius 3 is 2.38 bits per heavy atom. The molecule has 13 heavy (non-hydrogen) atoms. The highest BCUT2D eigenvalue weighted by atomic mass is 16.4. The molecule has 0 aromatic carbocycles. The highest BCUT2D eigenvalue weighted by molar-refractivity contribution is 5.65. The molecule has 0 radical (unpaired) electrons. The van der Waals surface area contributed by atoms with Crippen LogP contribution in [0.5, 0.6) is 0 Å². The van der Waals surface area contributed by atoms with E-state index in [9.17, 15) is 15.0 Å². The van der Waals surface area contributed by atoms with Gasteiger partial charge in [0.05, 0.1) is 6.10 Å². The van der Waals surface area contributed by atoms with Gasteiger partial charge in [-0.3, -0.25) is 0 Å². The number of aliphatic hydroxyl groups excluding tert-OH is 1. The van der Waals surface area contributed by atoms with Crippen LogP contribution in [0.1, 0.15) is 45.4 Å². The van der Waals surface area contributed by atoms with Gasteiger partial charge in [0.15, 0.2) is 0 Å². The standard InChI is InChI=1S/C10H18O3/c1-8(11)10(7-9(12)13)5-3-2-4-6-10/h8,11H,2-7H2,1H3,(H,12,13)/p-1. The molecule has 3 nitrogen and oxygen atoms in total. The fourth-order valence-electron chi connectivity index (χ4n) is 2.29. The average Bonchev–Trinajstić information content (AvgIpc) is 2.04. The van der Waals surface area contributed by atoms with Gasteiger partial charge in [0.1, 0.15) is 0 Å². The molecule has 1 fully saturated rings. The Labute approximate surface area is 78.8 Å². The van der Waals surface area contributed by atoms with Crippen LogP contribution in [-0.2, 0) is 4.79 Å². The van der Waals surface area contributed by atoms with Crippen molar-refractivity contribution in [3.8, 4) is 0 Å². The van der Waals surface area contributed by atoms with Crippen molar-refractivity contribution in [1.29, 1.82) is 0 Å². The van der Waals surface area contributed by atoms with E-state index >= 15 is 0 Å². The van der Waals surface area contributed by atoms with Crippen LogP contribution in [0.2, 0.25) is 0 Å². The Bertz CT molecular complexity index is 181. The number of hydrogen-bond donors (Lipinski definition) is 1. The van der Waals surface area contributed by atoms with Gasteiger partial charge in [0.25, 0.3) is 0 Å². The smallest absolute Gasteiger partial charge is 0.0571 e. The number of carboxylic acids is 1. The lowest BCUT2D eigenvalue weighted by molar-refractivity contribution is -0.309. The van der Waals surface area contributed by atoms with Crippen molar-refractivity contribution in [3.63, 3.8) is 0 Å². The van der Waals surface area contributed by atoms with Crippen molar-refractivity contribution < 1.29 is 15.0 Å². The van der Waals surface area contributed by atoms with Gasteiger partial charge in [0, 0.05) is 11.4 Å². The number of carboxylic acid groups (broad SMARTS) is 1. The first-order valence-corrected chi connectivity index (χ1v) is 4.95. The van der Waals surface area contributed by atoms with Crippen LogP contribution in [0, 0.1) is 5.41 Å². The normalized spacial score (nSPS) is 23.8. The number of carbonyl (C=O) groups is 1. The third-order valence-electron chi connectivity index (χ3n) is 3.23. The van der Waals surface area contributed by atoms with Crippen molar-refractivity contribution in [2.24, 2.45) is 5.41 Å². The van der Waals surface area contributed by atoms with Crippen LogP contribution < -0.4 is 5.11 Å². The number of rotatable bonds is 3. The van der Waals surface area contributed by atoms with E-state index in [4.69, 9.17) is 0 Å². The molecule has 1 N–H and O–H groups in total. The lowest BCUT2D eigenvalue weighted by atomic mass is 9.68. The third-order valence-corrected chi connectivity index (χ3v) is 3.23. The quantitative estimate of drug-likeness (QED) is 0.694. The second-order valence-corrected chi connectivity index (χ2v) is 4.15. The predicted octanol–water partition coefficient (Wildman–Crippen LogP) is 0.458. The highest BCUT2D eigenvalue weighted by Crippen LogP contribution is 2.41. The summed E-state index contributed by atoms with van der Waals surface area (Å²) in [6.45, 7) is 1.69. The van der Waals surface area contributed by atoms with Crippen molar-refractivity contribution in [2.75, 3.05) is 0 Å². The summed E-state index contributed by atoms with van der Waals surface area (Å²) in [6, 6.07) is 0. The Morgan fingerprint density at radius 2 is 2.00 bits per heavy atom. The summed E-state index contributed by atoms with van der Waals surface area (Å²) in [4.78, 5) is 10.6. The Balaban J connectivity index is 2.67. The second kappa shape index (κ2) is 4.09. The second-order valence-electron chi connectivity index (χ2n) is 4.15. The summed E-state index contributed by atoms with van der Waals surface area (Å²) in [5.41, 5.74) is -0.406. The van der Waals surface area contributed by atoms with E-state index in [-0.39, 0.29) is 6.42 Å². The molecule has 1 atom stereocenters. The van der Waals surface area contributed by atoms with Gasteiger partial charge in [-0.1, -0.05) is 19.3 Å². The van der Waals surface area contributed by atoms with E-state index in [1.165, 1.54) is 0 Å². The van der Waals surface area contributed by atoms with Gasteiger partial charge in [0.2, 0.25) is 0 Å². The van der Waals surface area contributed by atoms with Crippen LogP contribution in [-0.4, -0.2) is 17.2 Å². The first-order chi connectivity index (χ1) is 6.07. The Kier molecular flexibility index (Phi) is 3.31. The zero-order chi connectivity index (χ0) is 9.90. The molecule has 0 amide bonds. The molecule has 0 aromatic heterocycles. The summed E-state index contributed by atoms with van der Waals surface area (Å²) >= 11 is 0. The molecular formula is C10H17O3-. The minimum atomic E-state index is -1.04. The van der Waals surface area contributed by atoms with E-state index in [0.29, 0.717) is 0 Å². The molecule has 0 aliphatic heterocycles. The molecule has 0 spiro atoms. The van der Waals surface area contributed by atoms with Gasteiger partial charge >= 0.3 is 0 Å². The molecule has 0 heterocycles. The Hall–Kier alpha value is -0.570. The molecule has 0 aromatic rings. The van der Waals surface area contributed by atoms with Crippen molar-refractivity contribution >= 4 is 5.97 Å². The van der Waals surface area contributed by atoms with E-state index in [1.54, 1.807) is 6.92 Å². The minimum Gasteiger partial charge on any atom is -0.550 e. The minimum absolute atomic E-state index is 0.00463. The zero-order valence-electron chi connectivity index (χ0n) is 8.08. The van der Waals surface area contributed by atoms with Gasteiger partial charge in [-0.05, 0) is 26.2 Å². The molecule has 76 valence electrons. The van der Waals surface area contributed by atoms with Crippen LogP contribution in [0.15, 0.2) is 0 Å². The maximum absolute atomic E-state index is 10.6. The van der Waals surface area contributed by atoms with Crippen LogP contribution in [0.3, 0.4) is 0 Å². The van der Waals surface area contributed by atoms with Gasteiger partial charge in [-0.25, -0.2) is 0 Å². The molecule has 1 rings (SSSR count). The van der Waals surface area contributed by atoms with Gasteiger partial charge in [-0.15, -0.1) is 0 Å². The van der Waals surface area contributed by atoms with Gasteiger partial charge in [-0.2, -0.15) is 0 Å². The summed E-state index contributed by atoms with van der Waals surface area (Å²) in [7, 11) is 0. The lowest BCUT2D eigenvalue weighted by Crippen LogP contribution is -2.41. The summed E-state index contributed by atoms with van der Waals surface area (Å²) in [6.07, 6.45) is 4.31. The van der Waals surface area contributed by atoms with E-state index in [2.05, 4.69) is 0 Å². The van der Waals surface area contributed by atoms with Crippen LogP contribution >= 0.6 is 0 Å². The van der Waals surface area contributed by atoms with E-state index in [1.807, 2.05) is 0 Å². The molecule has 1 aliphatic rings. The summed E-state index contributed by atoms with van der Waals surface area (Å²) in [5.74, 6) is -1.04. The SMILES string of the molecule is CC(O)C1(CC(=O)[O-])CCCCC1. The summed E-state index contributed by atoms with van der Waals surface area (Å²) < 4.78 is 0. The Morgan fingerprint density at radius 1 is 1.46 bits per heavy atom. The largest absolute Gasteiger partial charge is 0.550 e. The first-order valence-electron chi connectivity index (χ1n) is 4.95. The maximum atomic E-state index is 10.6. The molecule has 0 bridgehead atoms. The third kappa shape index (κ3) is 2.44. The maximum Gasteiger partial charge on any atom is 0.0571 e. The molecule has 3 heteroatoms. The average molecular weight is 185 g/mol. The number of carbonyl (C=O) groups excluding carboxylic acids is 1. The van der Waals surface area contributed by atoms with E-state index in [0.717, 1.165) is 32.1 Å². The topological polar surface area (TPSA) is 60.4 Å². The molecule has 1 aliphatic carbocycles. The first kappa shape index (κ1) is 10.5. The van der Waals surface area contributed by atoms with Crippen molar-refractivity contribution in [2.45, 2.75) is 51.6 Å². The van der Waals surface area contributed by atoms with Crippen molar-refractivity contribution in [3.05, 3.63) is 0 Å².